The molecule has 0 bridgehead atoms. The average molecular weight is 217 g/mol. The van der Waals surface area contributed by atoms with Crippen molar-refractivity contribution in [2.24, 2.45) is 10.8 Å². The normalized spacial score (nSPS) is 12.9. The molecule has 0 saturated carbocycles. The Morgan fingerprint density at radius 1 is 0.938 bits per heavy atom. The number of hydrogen-bond donors (Lipinski definition) is 0. The number of rotatable bonds is 2. The van der Waals surface area contributed by atoms with Crippen molar-refractivity contribution in [1.29, 1.82) is 0 Å². The molecule has 0 spiro atoms. The fraction of sp³-hybridized carbons (Fsp3) is 0.625. The molecule has 1 rings (SSSR count). The number of benzene rings is 1. The zero-order chi connectivity index (χ0) is 12.4. The van der Waals surface area contributed by atoms with E-state index in [2.05, 4.69) is 65.8 Å². The largest absolute Gasteiger partial charge is 0.0599 e. The molecular weight excluding hydrogens is 192 g/mol. The summed E-state index contributed by atoms with van der Waals surface area (Å²) in [5.41, 5.74) is 3.48. The maximum absolute atomic E-state index is 3.35. The smallest absolute Gasteiger partial charge is 0.0149 e. The van der Waals surface area contributed by atoms with Gasteiger partial charge in [-0.25, -0.2) is 0 Å². The highest BCUT2D eigenvalue weighted by molar-refractivity contribution is 5.24. The quantitative estimate of drug-likeness (QED) is 0.675. The minimum absolute atomic E-state index is 0.344. The van der Waals surface area contributed by atoms with E-state index in [-0.39, 0.29) is 0 Å². The summed E-state index contributed by atoms with van der Waals surface area (Å²) >= 11 is 0. The first kappa shape index (κ1) is 13.3. The Morgan fingerprint density at radius 3 is 2.00 bits per heavy atom. The van der Waals surface area contributed by atoms with Crippen LogP contribution in [-0.4, -0.2) is 0 Å². The van der Waals surface area contributed by atoms with Gasteiger partial charge in [-0.2, -0.15) is 0 Å². The first-order chi connectivity index (χ1) is 7.16. The highest BCUT2D eigenvalue weighted by Gasteiger charge is 2.14. The molecule has 0 heteroatoms. The second-order valence-electron chi connectivity index (χ2n) is 7.20. The van der Waals surface area contributed by atoms with Crippen LogP contribution >= 0.6 is 0 Å². The summed E-state index contributed by atoms with van der Waals surface area (Å²) in [5.74, 6) is 0. The third-order valence-corrected chi connectivity index (χ3v) is 2.38. The molecule has 0 aliphatic rings. The van der Waals surface area contributed by atoms with Gasteiger partial charge in [0.2, 0.25) is 0 Å². The van der Waals surface area contributed by atoms with Crippen molar-refractivity contribution in [1.82, 2.24) is 0 Å². The van der Waals surface area contributed by atoms with Crippen LogP contribution in [-0.2, 0) is 12.8 Å². The fourth-order valence-corrected chi connectivity index (χ4v) is 1.97. The minimum Gasteiger partial charge on any atom is -0.0599 e. The van der Waals surface area contributed by atoms with Crippen LogP contribution in [0.5, 0.6) is 0 Å². The molecule has 16 heavy (non-hydrogen) atoms. The predicted molar refractivity (Wildman–Crippen MR) is 71.6 cm³/mol. The summed E-state index contributed by atoms with van der Waals surface area (Å²) in [6, 6.07) is 9.93. The maximum Gasteiger partial charge on any atom is -0.0149 e. The van der Waals surface area contributed by atoms with Gasteiger partial charge in [-0.05, 0) is 40.9 Å². The molecular formula is C16H25. The SMILES string of the molecule is CC(C)(C)Cc1[c]ccc(CC(C)(C)C)c1. The maximum atomic E-state index is 3.35. The molecule has 1 aromatic rings. The molecule has 0 unspecified atom stereocenters. The van der Waals surface area contributed by atoms with Crippen molar-refractivity contribution < 1.29 is 0 Å². The Bertz CT molecular complexity index is 303. The van der Waals surface area contributed by atoms with Gasteiger partial charge in [-0.1, -0.05) is 59.7 Å². The van der Waals surface area contributed by atoms with E-state index in [9.17, 15) is 0 Å². The lowest BCUT2D eigenvalue weighted by molar-refractivity contribution is 0.405. The zero-order valence-electron chi connectivity index (χ0n) is 11.6. The van der Waals surface area contributed by atoms with E-state index in [4.69, 9.17) is 0 Å². The standard InChI is InChI=1S/C16H25/c1-15(2,3)11-13-8-7-9-14(10-13)12-16(4,5)6/h7-8,10H,11-12H2,1-6H3. The van der Waals surface area contributed by atoms with E-state index in [0.717, 1.165) is 12.8 Å². The van der Waals surface area contributed by atoms with Crippen LogP contribution < -0.4 is 0 Å². The molecule has 0 fully saturated rings. The van der Waals surface area contributed by atoms with Crippen molar-refractivity contribution in [3.05, 3.63) is 35.4 Å². The summed E-state index contributed by atoms with van der Waals surface area (Å²) in [5, 5.41) is 0. The van der Waals surface area contributed by atoms with E-state index in [1.54, 1.807) is 0 Å². The summed E-state index contributed by atoms with van der Waals surface area (Å²) < 4.78 is 0. The van der Waals surface area contributed by atoms with Crippen molar-refractivity contribution in [3.8, 4) is 0 Å². The third kappa shape index (κ3) is 5.34. The second-order valence-corrected chi connectivity index (χ2v) is 7.20. The molecule has 0 amide bonds. The summed E-state index contributed by atoms with van der Waals surface area (Å²) in [6.45, 7) is 13.7. The molecule has 0 aliphatic carbocycles. The summed E-state index contributed by atoms with van der Waals surface area (Å²) in [6.07, 6.45) is 2.24. The van der Waals surface area contributed by atoms with Crippen molar-refractivity contribution >= 4 is 0 Å². The molecule has 0 saturated heterocycles. The topological polar surface area (TPSA) is 0 Å². The molecule has 0 N–H and O–H groups in total. The van der Waals surface area contributed by atoms with Crippen LogP contribution in [0.4, 0.5) is 0 Å². The lowest BCUT2D eigenvalue weighted by Crippen LogP contribution is -2.11. The van der Waals surface area contributed by atoms with E-state index in [1.807, 2.05) is 0 Å². The van der Waals surface area contributed by atoms with E-state index in [0.29, 0.717) is 10.8 Å². The van der Waals surface area contributed by atoms with Crippen LogP contribution in [0, 0.1) is 16.9 Å². The van der Waals surface area contributed by atoms with E-state index in [1.165, 1.54) is 11.1 Å². The van der Waals surface area contributed by atoms with Gasteiger partial charge in [-0.3, -0.25) is 0 Å². The van der Waals surface area contributed by atoms with Crippen molar-refractivity contribution in [3.63, 3.8) is 0 Å². The van der Waals surface area contributed by atoms with Crippen LogP contribution in [0.25, 0.3) is 0 Å². The second kappa shape index (κ2) is 4.61. The summed E-state index contributed by atoms with van der Waals surface area (Å²) in [7, 11) is 0. The molecule has 1 radical (unpaired) electrons. The molecule has 0 heterocycles. The van der Waals surface area contributed by atoms with E-state index >= 15 is 0 Å². The lowest BCUT2D eigenvalue weighted by atomic mass is 9.85. The van der Waals surface area contributed by atoms with E-state index < -0.39 is 0 Å². The van der Waals surface area contributed by atoms with Crippen LogP contribution in [0.3, 0.4) is 0 Å². The predicted octanol–water partition coefficient (Wildman–Crippen LogP) is 4.66. The Kier molecular flexibility index (Phi) is 3.83. The van der Waals surface area contributed by atoms with Gasteiger partial charge in [-0.15, -0.1) is 0 Å². The van der Waals surface area contributed by atoms with Gasteiger partial charge < -0.3 is 0 Å². The highest BCUT2D eigenvalue weighted by Crippen LogP contribution is 2.24. The lowest BCUT2D eigenvalue weighted by Gasteiger charge is -2.21. The van der Waals surface area contributed by atoms with Gasteiger partial charge in [0.05, 0.1) is 0 Å². The third-order valence-electron chi connectivity index (χ3n) is 2.38. The molecule has 0 aromatic heterocycles. The highest BCUT2D eigenvalue weighted by atomic mass is 14.2. The van der Waals surface area contributed by atoms with Gasteiger partial charge >= 0.3 is 0 Å². The number of hydrogen-bond acceptors (Lipinski definition) is 0. The van der Waals surface area contributed by atoms with Gasteiger partial charge in [0.1, 0.15) is 0 Å². The molecule has 1 aromatic carbocycles. The Morgan fingerprint density at radius 2 is 1.50 bits per heavy atom. The Balaban J connectivity index is 2.79. The summed E-state index contributed by atoms with van der Waals surface area (Å²) in [4.78, 5) is 0. The Hall–Kier alpha value is -0.780. The molecule has 0 nitrogen and oxygen atoms in total. The van der Waals surface area contributed by atoms with Gasteiger partial charge in [0.15, 0.2) is 0 Å². The fourth-order valence-electron chi connectivity index (χ4n) is 1.97. The molecule has 89 valence electrons. The van der Waals surface area contributed by atoms with Crippen LogP contribution in [0.15, 0.2) is 18.2 Å². The zero-order valence-corrected chi connectivity index (χ0v) is 11.6. The average Bonchev–Trinajstić information content (AvgIpc) is 1.96. The van der Waals surface area contributed by atoms with Gasteiger partial charge in [0, 0.05) is 0 Å². The van der Waals surface area contributed by atoms with Crippen LogP contribution in [0.1, 0.15) is 52.7 Å². The molecule has 0 aliphatic heterocycles. The first-order valence-electron chi connectivity index (χ1n) is 6.15. The first-order valence-corrected chi connectivity index (χ1v) is 6.15. The van der Waals surface area contributed by atoms with Crippen molar-refractivity contribution in [2.45, 2.75) is 54.4 Å². The molecule has 0 atom stereocenters. The van der Waals surface area contributed by atoms with Crippen molar-refractivity contribution in [2.75, 3.05) is 0 Å². The van der Waals surface area contributed by atoms with Crippen LogP contribution in [0.2, 0.25) is 0 Å². The minimum atomic E-state index is 0.344. The monoisotopic (exact) mass is 217 g/mol. The van der Waals surface area contributed by atoms with Gasteiger partial charge in [0.25, 0.3) is 0 Å². The Labute approximate surface area is 101 Å².